The van der Waals surface area contributed by atoms with Crippen molar-refractivity contribution in [3.05, 3.63) is 12.2 Å². The van der Waals surface area contributed by atoms with E-state index in [4.69, 9.17) is 4.74 Å². The fraction of sp³-hybridized carbons (Fsp3) is 0.789. The maximum Gasteiger partial charge on any atom is 0.315 e. The average Bonchev–Trinajstić information content (AvgIpc) is 2.95. The van der Waals surface area contributed by atoms with E-state index in [-0.39, 0.29) is 5.92 Å². The number of ether oxygens (including phenoxy) is 1. The van der Waals surface area contributed by atoms with E-state index >= 15 is 0 Å². The standard InChI is InChI=1S/C19H24O6/c1-9-7-17-8-18(9,24)5-3-10(17)19-6-4-11(20)16(2,15(23)25-19)13(19)12(17)14(21)22/h10-13,20,24H,1,3-8H2,2H3,(H,21,22). The number of aliphatic carboxylic acids is 1. The lowest BCUT2D eigenvalue weighted by molar-refractivity contribution is -0.164. The number of aliphatic hydroxyl groups is 2. The van der Waals surface area contributed by atoms with Gasteiger partial charge in [0.1, 0.15) is 5.60 Å². The average molecular weight is 348 g/mol. The summed E-state index contributed by atoms with van der Waals surface area (Å²) in [5.41, 5.74) is -2.93. The monoisotopic (exact) mass is 348 g/mol. The molecular weight excluding hydrogens is 324 g/mol. The SMILES string of the molecule is C=C1CC23CC1(O)CCC2C12CCC(O)C(C)(C(=O)O1)C2C3C(=O)O. The van der Waals surface area contributed by atoms with Gasteiger partial charge < -0.3 is 20.1 Å². The van der Waals surface area contributed by atoms with Crippen molar-refractivity contribution < 1.29 is 29.6 Å². The van der Waals surface area contributed by atoms with Crippen molar-refractivity contribution in [1.82, 2.24) is 0 Å². The largest absolute Gasteiger partial charge is 0.481 e. The predicted molar refractivity (Wildman–Crippen MR) is 85.3 cm³/mol. The summed E-state index contributed by atoms with van der Waals surface area (Å²) < 4.78 is 5.96. The Morgan fingerprint density at radius 2 is 2.04 bits per heavy atom. The van der Waals surface area contributed by atoms with Crippen LogP contribution in [0.2, 0.25) is 0 Å². The first-order valence-corrected chi connectivity index (χ1v) is 9.17. The Morgan fingerprint density at radius 1 is 1.32 bits per heavy atom. The van der Waals surface area contributed by atoms with Crippen LogP contribution in [0.25, 0.3) is 0 Å². The van der Waals surface area contributed by atoms with Crippen LogP contribution in [0.1, 0.15) is 45.4 Å². The van der Waals surface area contributed by atoms with Crippen LogP contribution in [0.5, 0.6) is 0 Å². The maximum atomic E-state index is 12.7. The lowest BCUT2D eigenvalue weighted by Gasteiger charge is -2.45. The molecule has 1 spiro atoms. The maximum absolute atomic E-state index is 12.7. The number of rotatable bonds is 1. The Labute approximate surface area is 145 Å². The van der Waals surface area contributed by atoms with Crippen LogP contribution in [0.15, 0.2) is 12.2 Å². The molecule has 1 aliphatic heterocycles. The number of carbonyl (C=O) groups is 2. The van der Waals surface area contributed by atoms with E-state index in [0.29, 0.717) is 44.1 Å². The molecule has 4 bridgehead atoms. The summed E-state index contributed by atoms with van der Waals surface area (Å²) >= 11 is 0. The summed E-state index contributed by atoms with van der Waals surface area (Å²) in [6.07, 6.45) is 2.08. The summed E-state index contributed by atoms with van der Waals surface area (Å²) in [4.78, 5) is 25.1. The van der Waals surface area contributed by atoms with Gasteiger partial charge in [-0.2, -0.15) is 0 Å². The number of carboxylic acids is 1. The minimum atomic E-state index is -1.19. The first kappa shape index (κ1) is 15.8. The third kappa shape index (κ3) is 1.41. The highest BCUT2D eigenvalue weighted by atomic mass is 16.6. The van der Waals surface area contributed by atoms with Crippen molar-refractivity contribution in [1.29, 1.82) is 0 Å². The van der Waals surface area contributed by atoms with Gasteiger partial charge in [0.05, 0.1) is 23.0 Å². The number of carboxylic acid groups (broad SMARTS) is 1. The van der Waals surface area contributed by atoms with Gasteiger partial charge in [-0.25, -0.2) is 0 Å². The van der Waals surface area contributed by atoms with Crippen molar-refractivity contribution in [3.63, 3.8) is 0 Å². The van der Waals surface area contributed by atoms with Gasteiger partial charge in [-0.3, -0.25) is 9.59 Å². The zero-order valence-corrected chi connectivity index (χ0v) is 14.3. The molecule has 0 amide bonds. The number of hydrogen-bond donors (Lipinski definition) is 3. The Hall–Kier alpha value is -1.40. The van der Waals surface area contributed by atoms with Gasteiger partial charge in [0.15, 0.2) is 0 Å². The smallest absolute Gasteiger partial charge is 0.315 e. The molecule has 0 aromatic carbocycles. The molecule has 8 unspecified atom stereocenters. The number of esters is 1. The van der Waals surface area contributed by atoms with E-state index in [9.17, 15) is 24.9 Å². The second kappa shape index (κ2) is 4.12. The first-order valence-electron chi connectivity index (χ1n) is 9.17. The quantitative estimate of drug-likeness (QED) is 0.487. The molecule has 25 heavy (non-hydrogen) atoms. The lowest BCUT2D eigenvalue weighted by atomic mass is 9.59. The molecule has 8 atom stereocenters. The summed E-state index contributed by atoms with van der Waals surface area (Å²) in [6, 6.07) is 0. The normalized spacial score (nSPS) is 58.7. The second-order valence-corrected chi connectivity index (χ2v) is 9.29. The van der Waals surface area contributed by atoms with Crippen molar-refractivity contribution in [3.8, 4) is 0 Å². The molecule has 0 aromatic heterocycles. The van der Waals surface area contributed by atoms with E-state index in [0.717, 1.165) is 0 Å². The van der Waals surface area contributed by atoms with Crippen LogP contribution in [0.3, 0.4) is 0 Å². The number of aliphatic hydroxyl groups excluding tert-OH is 1. The Kier molecular flexibility index (Phi) is 2.61. The van der Waals surface area contributed by atoms with Gasteiger partial charge in [-0.15, -0.1) is 0 Å². The highest BCUT2D eigenvalue weighted by molar-refractivity contribution is 5.85. The van der Waals surface area contributed by atoms with Crippen LogP contribution in [0.4, 0.5) is 0 Å². The van der Waals surface area contributed by atoms with Gasteiger partial charge in [0, 0.05) is 11.8 Å². The molecule has 6 nitrogen and oxygen atoms in total. The molecule has 1 heterocycles. The van der Waals surface area contributed by atoms with Crippen LogP contribution in [0, 0.1) is 28.6 Å². The molecule has 3 N–H and O–H groups in total. The third-order valence-corrected chi connectivity index (χ3v) is 8.57. The van der Waals surface area contributed by atoms with Gasteiger partial charge >= 0.3 is 11.9 Å². The molecule has 5 aliphatic rings. The van der Waals surface area contributed by atoms with Gasteiger partial charge in [0.2, 0.25) is 0 Å². The van der Waals surface area contributed by atoms with Crippen molar-refractivity contribution >= 4 is 11.9 Å². The van der Waals surface area contributed by atoms with Gasteiger partial charge in [-0.05, 0) is 56.4 Å². The summed E-state index contributed by atoms with van der Waals surface area (Å²) in [6.45, 7) is 5.71. The van der Waals surface area contributed by atoms with E-state index in [1.165, 1.54) is 0 Å². The first-order chi connectivity index (χ1) is 11.6. The molecule has 1 saturated heterocycles. The van der Waals surface area contributed by atoms with E-state index in [1.54, 1.807) is 6.92 Å². The number of hydrogen-bond acceptors (Lipinski definition) is 5. The molecular formula is C19H24O6. The third-order valence-electron chi connectivity index (χ3n) is 8.57. The Morgan fingerprint density at radius 3 is 2.72 bits per heavy atom. The summed E-state index contributed by atoms with van der Waals surface area (Å²) in [7, 11) is 0. The van der Waals surface area contributed by atoms with Crippen molar-refractivity contribution in [2.24, 2.45) is 28.6 Å². The van der Waals surface area contributed by atoms with Crippen LogP contribution in [-0.4, -0.2) is 44.6 Å². The van der Waals surface area contributed by atoms with E-state index < -0.39 is 51.9 Å². The molecule has 0 aromatic rings. The second-order valence-electron chi connectivity index (χ2n) is 9.29. The fourth-order valence-corrected chi connectivity index (χ4v) is 7.65. The highest BCUT2D eigenvalue weighted by Crippen LogP contribution is 2.78. The van der Waals surface area contributed by atoms with Gasteiger partial charge in [-0.1, -0.05) is 6.58 Å². The number of carbonyl (C=O) groups excluding carboxylic acids is 1. The molecule has 5 fully saturated rings. The lowest BCUT2D eigenvalue weighted by Crippen LogP contribution is -2.53. The minimum Gasteiger partial charge on any atom is -0.481 e. The van der Waals surface area contributed by atoms with Crippen molar-refractivity contribution in [2.75, 3.05) is 0 Å². The molecule has 6 heteroatoms. The predicted octanol–water partition coefficient (Wildman–Crippen LogP) is 1.25. The summed E-state index contributed by atoms with van der Waals surface area (Å²) in [5.74, 6) is -2.86. The topological polar surface area (TPSA) is 104 Å². The van der Waals surface area contributed by atoms with E-state index in [2.05, 4.69) is 6.58 Å². The fourth-order valence-electron chi connectivity index (χ4n) is 7.65. The highest BCUT2D eigenvalue weighted by Gasteiger charge is 2.84. The summed E-state index contributed by atoms with van der Waals surface area (Å²) in [5, 5.41) is 31.7. The van der Waals surface area contributed by atoms with Crippen LogP contribution >= 0.6 is 0 Å². The molecule has 5 rings (SSSR count). The molecule has 0 radical (unpaired) electrons. The molecule has 4 aliphatic carbocycles. The van der Waals surface area contributed by atoms with Crippen molar-refractivity contribution in [2.45, 2.75) is 62.8 Å². The van der Waals surface area contributed by atoms with Crippen LogP contribution < -0.4 is 0 Å². The van der Waals surface area contributed by atoms with E-state index in [1.807, 2.05) is 0 Å². The molecule has 136 valence electrons. The minimum absolute atomic E-state index is 0.0936. The zero-order chi connectivity index (χ0) is 18.0. The van der Waals surface area contributed by atoms with Crippen LogP contribution in [-0.2, 0) is 14.3 Å². The molecule has 4 saturated carbocycles. The zero-order valence-electron chi connectivity index (χ0n) is 14.3. The Bertz CT molecular complexity index is 731. The Balaban J connectivity index is 1.76. The number of fused-ring (bicyclic) bond motifs is 1. The van der Waals surface area contributed by atoms with Gasteiger partial charge in [0.25, 0.3) is 0 Å².